The minimum atomic E-state index is -4.07. The quantitative estimate of drug-likeness (QED) is 0.418. The molecule has 0 N–H and O–H groups in total. The Morgan fingerprint density at radius 3 is 2.39 bits per heavy atom. The number of alkyl halides is 3. The van der Waals surface area contributed by atoms with Crippen molar-refractivity contribution in [1.29, 1.82) is 0 Å². The molecular weight excluding hydrogens is 484 g/mol. The van der Waals surface area contributed by atoms with Crippen molar-refractivity contribution in [2.24, 2.45) is 5.92 Å². The highest BCUT2D eigenvalue weighted by atomic mass is 127. The molecule has 0 amide bonds. The summed E-state index contributed by atoms with van der Waals surface area (Å²) in [6, 6.07) is 9.93. The Labute approximate surface area is 154 Å². The van der Waals surface area contributed by atoms with Gasteiger partial charge in [0.1, 0.15) is 5.75 Å². The fraction of sp³-hybridized carbons (Fsp3) is 0.412. The van der Waals surface area contributed by atoms with Crippen molar-refractivity contribution in [1.82, 2.24) is 0 Å². The molecular formula is C17H15BrF3IO. The van der Waals surface area contributed by atoms with E-state index in [1.807, 2.05) is 30.3 Å². The van der Waals surface area contributed by atoms with Crippen molar-refractivity contribution in [3.63, 3.8) is 0 Å². The van der Waals surface area contributed by atoms with Crippen LogP contribution in [0.4, 0.5) is 13.2 Å². The Kier molecular flexibility index (Phi) is 5.11. The third-order valence-corrected chi connectivity index (χ3v) is 5.92. The van der Waals surface area contributed by atoms with Crippen molar-refractivity contribution in [3.8, 4) is 5.75 Å². The average Bonchev–Trinajstić information content (AvgIpc) is 2.50. The predicted octanol–water partition coefficient (Wildman–Crippen LogP) is 6.71. The van der Waals surface area contributed by atoms with E-state index in [9.17, 15) is 13.2 Å². The third kappa shape index (κ3) is 3.95. The maximum Gasteiger partial charge on any atom is 0.391 e. The molecule has 0 unspecified atom stereocenters. The summed E-state index contributed by atoms with van der Waals surface area (Å²) >= 11 is 5.69. The van der Waals surface area contributed by atoms with Crippen LogP contribution in [-0.2, 0) is 0 Å². The van der Waals surface area contributed by atoms with E-state index in [0.29, 0.717) is 12.8 Å². The van der Waals surface area contributed by atoms with E-state index in [2.05, 4.69) is 38.5 Å². The minimum absolute atomic E-state index is 0.130. The van der Waals surface area contributed by atoms with Crippen LogP contribution in [0, 0.1) is 9.49 Å². The summed E-state index contributed by atoms with van der Waals surface area (Å²) in [7, 11) is 0. The lowest BCUT2D eigenvalue weighted by molar-refractivity contribution is -0.185. The van der Waals surface area contributed by atoms with E-state index >= 15 is 0 Å². The maximum atomic E-state index is 12.7. The molecule has 0 bridgehead atoms. The lowest BCUT2D eigenvalue weighted by Gasteiger charge is -2.30. The molecule has 0 aliphatic heterocycles. The van der Waals surface area contributed by atoms with Gasteiger partial charge in [0.2, 0.25) is 0 Å². The van der Waals surface area contributed by atoms with Gasteiger partial charge in [-0.25, -0.2) is 0 Å². The second-order valence-electron chi connectivity index (χ2n) is 5.88. The zero-order valence-electron chi connectivity index (χ0n) is 12.2. The van der Waals surface area contributed by atoms with Gasteiger partial charge < -0.3 is 4.74 Å². The lowest BCUT2D eigenvalue weighted by atomic mass is 9.87. The lowest BCUT2D eigenvalue weighted by Crippen LogP contribution is -2.32. The highest BCUT2D eigenvalue weighted by molar-refractivity contribution is 14.1. The summed E-state index contributed by atoms with van der Waals surface area (Å²) < 4.78 is 46.2. The van der Waals surface area contributed by atoms with Gasteiger partial charge in [-0.05, 0) is 77.2 Å². The standard InChI is InChI=1S/C17H15BrF3IO/c18-12-4-7-14-10(9-12)1-8-15(16(14)22)23-13-5-2-11(3-6-13)17(19,20)21/h1,4,7-9,11,13H,2-3,5-6H2. The van der Waals surface area contributed by atoms with Crippen LogP contribution in [-0.4, -0.2) is 12.3 Å². The van der Waals surface area contributed by atoms with Gasteiger partial charge in [-0.1, -0.05) is 28.1 Å². The van der Waals surface area contributed by atoms with E-state index in [1.165, 1.54) is 0 Å². The molecule has 0 heterocycles. The van der Waals surface area contributed by atoms with Crippen LogP contribution >= 0.6 is 38.5 Å². The molecule has 1 nitrogen and oxygen atoms in total. The van der Waals surface area contributed by atoms with Crippen LogP contribution in [0.2, 0.25) is 0 Å². The molecule has 3 rings (SSSR count). The van der Waals surface area contributed by atoms with Crippen LogP contribution in [0.3, 0.4) is 0 Å². The maximum absolute atomic E-state index is 12.7. The molecule has 1 aliphatic rings. The number of rotatable bonds is 2. The Hall–Kier alpha value is -0.500. The molecule has 2 aromatic rings. The molecule has 0 atom stereocenters. The summed E-state index contributed by atoms with van der Waals surface area (Å²) in [4.78, 5) is 0. The zero-order chi connectivity index (χ0) is 16.6. The van der Waals surface area contributed by atoms with Gasteiger partial charge in [-0.2, -0.15) is 13.2 Å². The third-order valence-electron chi connectivity index (χ3n) is 4.31. The first kappa shape index (κ1) is 17.3. The van der Waals surface area contributed by atoms with Gasteiger partial charge in [0.15, 0.2) is 0 Å². The smallest absolute Gasteiger partial charge is 0.391 e. The molecule has 0 aromatic heterocycles. The van der Waals surface area contributed by atoms with Crippen LogP contribution in [0.1, 0.15) is 25.7 Å². The van der Waals surface area contributed by atoms with Gasteiger partial charge in [0.05, 0.1) is 15.6 Å². The Morgan fingerprint density at radius 1 is 1.04 bits per heavy atom. The molecule has 2 aromatic carbocycles. The second-order valence-corrected chi connectivity index (χ2v) is 7.87. The number of fused-ring (bicyclic) bond motifs is 1. The highest BCUT2D eigenvalue weighted by Gasteiger charge is 2.41. The van der Waals surface area contributed by atoms with Crippen LogP contribution in [0.15, 0.2) is 34.8 Å². The molecule has 124 valence electrons. The Morgan fingerprint density at radius 2 is 1.74 bits per heavy atom. The zero-order valence-corrected chi connectivity index (χ0v) is 15.9. The van der Waals surface area contributed by atoms with Crippen LogP contribution < -0.4 is 4.74 Å². The number of hydrogen-bond donors (Lipinski definition) is 0. The highest BCUT2D eigenvalue weighted by Crippen LogP contribution is 2.39. The van der Waals surface area contributed by atoms with Crippen molar-refractivity contribution in [2.75, 3.05) is 0 Å². The number of benzene rings is 2. The summed E-state index contributed by atoms with van der Waals surface area (Å²) in [5, 5.41) is 2.20. The first-order valence-corrected chi connectivity index (χ1v) is 9.33. The molecule has 23 heavy (non-hydrogen) atoms. The summed E-state index contributed by atoms with van der Waals surface area (Å²) in [6.07, 6.45) is -2.97. The molecule has 6 heteroatoms. The van der Waals surface area contributed by atoms with Gasteiger partial charge in [0, 0.05) is 4.47 Å². The minimum Gasteiger partial charge on any atom is -0.489 e. The number of ether oxygens (including phenoxy) is 1. The van der Waals surface area contributed by atoms with Crippen LogP contribution in [0.5, 0.6) is 5.75 Å². The predicted molar refractivity (Wildman–Crippen MR) is 96.8 cm³/mol. The molecule has 1 fully saturated rings. The van der Waals surface area contributed by atoms with E-state index in [4.69, 9.17) is 4.74 Å². The molecule has 0 spiro atoms. The van der Waals surface area contributed by atoms with Crippen molar-refractivity contribution in [3.05, 3.63) is 38.4 Å². The van der Waals surface area contributed by atoms with Crippen molar-refractivity contribution < 1.29 is 17.9 Å². The van der Waals surface area contributed by atoms with E-state index in [1.54, 1.807) is 0 Å². The monoisotopic (exact) mass is 498 g/mol. The Bertz CT molecular complexity index is 709. The topological polar surface area (TPSA) is 9.23 Å². The molecule has 0 saturated heterocycles. The normalized spacial score (nSPS) is 22.3. The summed E-state index contributed by atoms with van der Waals surface area (Å²) in [6.45, 7) is 0. The largest absolute Gasteiger partial charge is 0.489 e. The molecule has 1 aliphatic carbocycles. The summed E-state index contributed by atoms with van der Waals surface area (Å²) in [5.74, 6) is -0.411. The number of halogens is 5. The van der Waals surface area contributed by atoms with E-state index in [0.717, 1.165) is 24.6 Å². The Balaban J connectivity index is 1.73. The second kappa shape index (κ2) is 6.78. The fourth-order valence-electron chi connectivity index (χ4n) is 3.02. The van der Waals surface area contributed by atoms with Crippen molar-refractivity contribution in [2.45, 2.75) is 38.0 Å². The van der Waals surface area contributed by atoms with E-state index < -0.39 is 12.1 Å². The van der Waals surface area contributed by atoms with Crippen molar-refractivity contribution >= 4 is 49.3 Å². The van der Waals surface area contributed by atoms with Gasteiger partial charge in [0.25, 0.3) is 0 Å². The average molecular weight is 499 g/mol. The fourth-order valence-corrected chi connectivity index (χ4v) is 4.20. The van der Waals surface area contributed by atoms with Gasteiger partial charge in [-0.15, -0.1) is 0 Å². The van der Waals surface area contributed by atoms with E-state index in [-0.39, 0.29) is 18.9 Å². The number of hydrogen-bond acceptors (Lipinski definition) is 1. The first-order valence-electron chi connectivity index (χ1n) is 7.46. The van der Waals surface area contributed by atoms with Crippen LogP contribution in [0.25, 0.3) is 10.8 Å². The molecule has 1 saturated carbocycles. The van der Waals surface area contributed by atoms with Gasteiger partial charge >= 0.3 is 6.18 Å². The SMILES string of the molecule is FC(F)(F)C1CCC(Oc2ccc3cc(Br)ccc3c2I)CC1. The summed E-state index contributed by atoms with van der Waals surface area (Å²) in [5.41, 5.74) is 0. The first-order chi connectivity index (χ1) is 10.8. The molecule has 0 radical (unpaired) electrons. The van der Waals surface area contributed by atoms with Gasteiger partial charge in [-0.3, -0.25) is 0 Å².